The number of amides is 2. The van der Waals surface area contributed by atoms with Gasteiger partial charge in [-0.3, -0.25) is 4.79 Å². The van der Waals surface area contributed by atoms with Gasteiger partial charge in [-0.25, -0.2) is 4.79 Å². The summed E-state index contributed by atoms with van der Waals surface area (Å²) in [4.78, 5) is 27.5. The fraction of sp³-hybridized carbons (Fsp3) is 0.667. The second-order valence-electron chi connectivity index (χ2n) is 8.80. The molecule has 1 N–H and O–H groups in total. The van der Waals surface area contributed by atoms with Crippen molar-refractivity contribution < 1.29 is 23.8 Å². The Hall–Kier alpha value is -2.12. The maximum Gasteiger partial charge on any atom is 0.317 e. The predicted octanol–water partition coefficient (Wildman–Crippen LogP) is 3.68. The van der Waals surface area contributed by atoms with E-state index in [4.69, 9.17) is 14.2 Å². The molecule has 7 nitrogen and oxygen atoms in total. The lowest BCUT2D eigenvalue weighted by atomic mass is 9.69. The molecule has 31 heavy (non-hydrogen) atoms. The number of urea groups is 1. The van der Waals surface area contributed by atoms with Crippen LogP contribution >= 0.6 is 0 Å². The van der Waals surface area contributed by atoms with Gasteiger partial charge in [-0.05, 0) is 32.6 Å². The Balaban J connectivity index is 1.66. The quantitative estimate of drug-likeness (QED) is 0.634. The van der Waals surface area contributed by atoms with Gasteiger partial charge in [0.2, 0.25) is 5.79 Å². The molecule has 1 saturated heterocycles. The zero-order valence-corrected chi connectivity index (χ0v) is 19.0. The number of nitrogens with one attached hydrogen (secondary N) is 1. The Morgan fingerprint density at radius 2 is 1.81 bits per heavy atom. The van der Waals surface area contributed by atoms with Crippen molar-refractivity contribution in [3.63, 3.8) is 0 Å². The van der Waals surface area contributed by atoms with Gasteiger partial charge in [-0.2, -0.15) is 0 Å². The third-order valence-electron chi connectivity index (χ3n) is 6.60. The normalized spacial score (nSPS) is 20.6. The molecule has 1 saturated carbocycles. The molecule has 1 unspecified atom stereocenters. The van der Waals surface area contributed by atoms with Crippen LogP contribution in [-0.2, 0) is 24.8 Å². The molecule has 0 aromatic heterocycles. The molecule has 7 heteroatoms. The van der Waals surface area contributed by atoms with Gasteiger partial charge in [0, 0.05) is 19.2 Å². The summed E-state index contributed by atoms with van der Waals surface area (Å²) >= 11 is 0. The zero-order chi connectivity index (χ0) is 22.3. The lowest BCUT2D eigenvalue weighted by Crippen LogP contribution is -2.52. The molecular formula is C24H36N2O5. The molecule has 1 aromatic carbocycles. The van der Waals surface area contributed by atoms with Crippen LogP contribution in [0.5, 0.6) is 0 Å². The van der Waals surface area contributed by atoms with Gasteiger partial charge < -0.3 is 24.4 Å². The first kappa shape index (κ1) is 23.5. The van der Waals surface area contributed by atoms with Crippen molar-refractivity contribution >= 4 is 12.0 Å². The fourth-order valence-corrected chi connectivity index (χ4v) is 4.81. The molecule has 2 amide bonds. The minimum Gasteiger partial charge on any atom is -0.466 e. The van der Waals surface area contributed by atoms with E-state index in [0.29, 0.717) is 26.4 Å². The van der Waals surface area contributed by atoms with Gasteiger partial charge in [-0.1, -0.05) is 49.6 Å². The van der Waals surface area contributed by atoms with Crippen LogP contribution in [0, 0.1) is 11.3 Å². The molecule has 0 bridgehead atoms. The molecular weight excluding hydrogens is 396 g/mol. The number of benzene rings is 1. The van der Waals surface area contributed by atoms with Gasteiger partial charge in [0.05, 0.1) is 31.8 Å². The summed E-state index contributed by atoms with van der Waals surface area (Å²) in [5.74, 6) is -0.983. The summed E-state index contributed by atoms with van der Waals surface area (Å²) in [6, 6.07) is 9.38. The summed E-state index contributed by atoms with van der Waals surface area (Å²) in [7, 11) is 1.72. The Morgan fingerprint density at radius 1 is 1.16 bits per heavy atom. The number of carbonyl (C=O) groups is 2. The Morgan fingerprint density at radius 3 is 2.42 bits per heavy atom. The van der Waals surface area contributed by atoms with Crippen molar-refractivity contribution in [2.24, 2.45) is 11.3 Å². The van der Waals surface area contributed by atoms with E-state index in [0.717, 1.165) is 31.2 Å². The van der Waals surface area contributed by atoms with Gasteiger partial charge in [0.25, 0.3) is 0 Å². The lowest BCUT2D eigenvalue weighted by Gasteiger charge is -2.40. The van der Waals surface area contributed by atoms with Crippen molar-refractivity contribution in [2.75, 3.05) is 40.0 Å². The minimum absolute atomic E-state index is 0.194. The van der Waals surface area contributed by atoms with Crippen LogP contribution in [0.15, 0.2) is 30.3 Å². The average molecular weight is 433 g/mol. The van der Waals surface area contributed by atoms with Gasteiger partial charge in [0.15, 0.2) is 0 Å². The highest BCUT2D eigenvalue weighted by Gasteiger charge is 2.45. The van der Waals surface area contributed by atoms with E-state index in [1.165, 1.54) is 6.42 Å². The number of rotatable bonds is 8. The average Bonchev–Trinajstić information content (AvgIpc) is 3.29. The molecule has 1 aliphatic carbocycles. The molecule has 1 aliphatic heterocycles. The van der Waals surface area contributed by atoms with Crippen molar-refractivity contribution in [1.29, 1.82) is 0 Å². The monoisotopic (exact) mass is 432 g/mol. The van der Waals surface area contributed by atoms with Crippen LogP contribution < -0.4 is 5.32 Å². The van der Waals surface area contributed by atoms with Crippen LogP contribution in [0.25, 0.3) is 0 Å². The van der Waals surface area contributed by atoms with Crippen molar-refractivity contribution in [3.8, 4) is 0 Å². The number of hydrogen-bond acceptors (Lipinski definition) is 5. The highest BCUT2D eigenvalue weighted by atomic mass is 16.7. The van der Waals surface area contributed by atoms with Crippen molar-refractivity contribution in [2.45, 2.75) is 51.7 Å². The molecule has 1 aromatic rings. The molecule has 0 radical (unpaired) electrons. The SMILES string of the molecule is CCOC(=O)C(C)(CN(C)C(=O)NCC1(c2ccccc2)OCCO1)C1CCCCC1. The first-order chi connectivity index (χ1) is 14.9. The smallest absolute Gasteiger partial charge is 0.317 e. The highest BCUT2D eigenvalue weighted by Crippen LogP contribution is 2.40. The van der Waals surface area contributed by atoms with E-state index in [1.54, 1.807) is 11.9 Å². The van der Waals surface area contributed by atoms with Gasteiger partial charge >= 0.3 is 12.0 Å². The van der Waals surface area contributed by atoms with Crippen molar-refractivity contribution in [1.82, 2.24) is 10.2 Å². The zero-order valence-electron chi connectivity index (χ0n) is 19.0. The van der Waals surface area contributed by atoms with E-state index in [-0.39, 0.29) is 24.5 Å². The number of hydrogen-bond donors (Lipinski definition) is 1. The molecule has 2 aliphatic rings. The van der Waals surface area contributed by atoms with Crippen LogP contribution in [0.2, 0.25) is 0 Å². The standard InChI is InChI=1S/C24H36N2O5/c1-4-29-21(27)23(2,19-11-7-5-8-12-19)18-26(3)22(28)25-17-24(30-15-16-31-24)20-13-9-6-10-14-20/h6,9-10,13-14,19H,4-5,7-8,11-12,15-18H2,1-3H3,(H,25,28). The van der Waals surface area contributed by atoms with Gasteiger partial charge in [-0.15, -0.1) is 0 Å². The van der Waals surface area contributed by atoms with Crippen LogP contribution in [-0.4, -0.2) is 56.9 Å². The maximum atomic E-state index is 13.0. The molecule has 1 atom stereocenters. The summed E-state index contributed by atoms with van der Waals surface area (Å²) in [5.41, 5.74) is 0.147. The Kier molecular flexibility index (Phi) is 7.94. The first-order valence-electron chi connectivity index (χ1n) is 11.4. The number of ether oxygens (including phenoxy) is 3. The van der Waals surface area contributed by atoms with E-state index >= 15 is 0 Å². The number of carbonyl (C=O) groups excluding carboxylic acids is 2. The molecule has 1 heterocycles. The van der Waals surface area contributed by atoms with Crippen LogP contribution in [0.1, 0.15) is 51.5 Å². The van der Waals surface area contributed by atoms with Crippen molar-refractivity contribution in [3.05, 3.63) is 35.9 Å². The second kappa shape index (κ2) is 10.5. The molecule has 0 spiro atoms. The Labute approximate surface area is 185 Å². The summed E-state index contributed by atoms with van der Waals surface area (Å²) in [6.07, 6.45) is 5.41. The maximum absolute atomic E-state index is 13.0. The lowest BCUT2D eigenvalue weighted by molar-refractivity contribution is -0.162. The highest BCUT2D eigenvalue weighted by molar-refractivity contribution is 5.79. The summed E-state index contributed by atoms with van der Waals surface area (Å²) in [5, 5.41) is 2.95. The third-order valence-corrected chi connectivity index (χ3v) is 6.60. The number of nitrogens with zero attached hydrogens (tertiary/aromatic N) is 1. The number of esters is 1. The topological polar surface area (TPSA) is 77.1 Å². The van der Waals surface area contributed by atoms with Crippen LogP contribution in [0.3, 0.4) is 0 Å². The molecule has 3 rings (SSSR count). The summed E-state index contributed by atoms with van der Waals surface area (Å²) in [6.45, 7) is 5.56. The predicted molar refractivity (Wildman–Crippen MR) is 117 cm³/mol. The fourth-order valence-electron chi connectivity index (χ4n) is 4.81. The summed E-state index contributed by atoms with van der Waals surface area (Å²) < 4.78 is 17.2. The van der Waals surface area contributed by atoms with Gasteiger partial charge in [0.1, 0.15) is 0 Å². The molecule has 172 valence electrons. The minimum atomic E-state index is -0.981. The second-order valence-corrected chi connectivity index (χ2v) is 8.80. The Bertz CT molecular complexity index is 729. The van der Waals surface area contributed by atoms with Crippen LogP contribution in [0.4, 0.5) is 4.79 Å². The van der Waals surface area contributed by atoms with E-state index in [2.05, 4.69) is 5.32 Å². The van der Waals surface area contributed by atoms with E-state index < -0.39 is 11.2 Å². The van der Waals surface area contributed by atoms with E-state index in [9.17, 15) is 9.59 Å². The largest absolute Gasteiger partial charge is 0.466 e. The third kappa shape index (κ3) is 5.39. The first-order valence-corrected chi connectivity index (χ1v) is 11.4. The molecule has 2 fully saturated rings. The van der Waals surface area contributed by atoms with E-state index in [1.807, 2.05) is 44.2 Å².